The van der Waals surface area contributed by atoms with E-state index in [1.165, 1.54) is 0 Å². The molecule has 0 bridgehead atoms. The van der Waals surface area contributed by atoms with E-state index in [1.54, 1.807) is 11.1 Å². The molecule has 1 saturated heterocycles. The SMILES string of the molecule is CC(C)n1nc(C(N)=O)c2c1CCN(c1ccc(N3CCOC3=O)cn1)C2. The molecule has 27 heavy (non-hydrogen) atoms. The topological polar surface area (TPSA) is 107 Å². The van der Waals surface area contributed by atoms with Gasteiger partial charge in [0.2, 0.25) is 0 Å². The summed E-state index contributed by atoms with van der Waals surface area (Å²) in [5, 5.41) is 4.43. The Balaban J connectivity index is 1.59. The van der Waals surface area contributed by atoms with Crippen molar-refractivity contribution in [3.63, 3.8) is 0 Å². The summed E-state index contributed by atoms with van der Waals surface area (Å²) in [6.07, 6.45) is 2.08. The number of nitrogens with two attached hydrogens (primary N) is 1. The average molecular weight is 370 g/mol. The van der Waals surface area contributed by atoms with Crippen molar-refractivity contribution in [2.45, 2.75) is 32.9 Å². The molecule has 9 heteroatoms. The molecule has 0 aromatic carbocycles. The van der Waals surface area contributed by atoms with Crippen molar-refractivity contribution in [1.82, 2.24) is 14.8 Å². The van der Waals surface area contributed by atoms with Gasteiger partial charge in [0, 0.05) is 36.8 Å². The van der Waals surface area contributed by atoms with Crippen LogP contribution in [0, 0.1) is 0 Å². The zero-order valence-electron chi connectivity index (χ0n) is 15.4. The first-order chi connectivity index (χ1) is 13.0. The summed E-state index contributed by atoms with van der Waals surface area (Å²) in [7, 11) is 0. The lowest BCUT2D eigenvalue weighted by atomic mass is 10.0. The molecule has 1 fully saturated rings. The van der Waals surface area contributed by atoms with Crippen LogP contribution in [0.2, 0.25) is 0 Å². The Labute approximate surface area is 156 Å². The lowest BCUT2D eigenvalue weighted by molar-refractivity contribution is 0.0993. The van der Waals surface area contributed by atoms with E-state index in [4.69, 9.17) is 10.5 Å². The van der Waals surface area contributed by atoms with Gasteiger partial charge in [0.1, 0.15) is 12.4 Å². The van der Waals surface area contributed by atoms with Crippen molar-refractivity contribution in [2.24, 2.45) is 5.73 Å². The quantitative estimate of drug-likeness (QED) is 0.874. The molecule has 2 aliphatic rings. The number of rotatable bonds is 4. The molecule has 0 aliphatic carbocycles. The van der Waals surface area contributed by atoms with E-state index in [0.29, 0.717) is 31.1 Å². The number of cyclic esters (lactones) is 1. The van der Waals surface area contributed by atoms with Gasteiger partial charge in [0.15, 0.2) is 5.69 Å². The molecular formula is C18H22N6O3. The number of carbonyl (C=O) groups is 2. The highest BCUT2D eigenvalue weighted by Gasteiger charge is 2.29. The molecule has 0 spiro atoms. The van der Waals surface area contributed by atoms with Gasteiger partial charge in [-0.3, -0.25) is 14.4 Å². The van der Waals surface area contributed by atoms with Gasteiger partial charge in [-0.2, -0.15) is 5.10 Å². The smallest absolute Gasteiger partial charge is 0.414 e. The second-order valence-electron chi connectivity index (χ2n) is 6.99. The van der Waals surface area contributed by atoms with E-state index < -0.39 is 5.91 Å². The standard InChI is InChI=1S/C18H22N6O3/c1-11(2)24-14-5-6-22(10-13(14)16(21-24)17(19)25)15-4-3-12(9-20-15)23-7-8-27-18(23)26/h3-4,9,11H,5-8,10H2,1-2H3,(H2,19,25). The van der Waals surface area contributed by atoms with Crippen molar-refractivity contribution in [1.29, 1.82) is 0 Å². The van der Waals surface area contributed by atoms with Crippen LogP contribution in [0.1, 0.15) is 41.6 Å². The molecule has 2 amide bonds. The van der Waals surface area contributed by atoms with Crippen LogP contribution in [0.4, 0.5) is 16.3 Å². The van der Waals surface area contributed by atoms with Crippen LogP contribution in [0.3, 0.4) is 0 Å². The Kier molecular flexibility index (Phi) is 4.21. The monoisotopic (exact) mass is 370 g/mol. The Morgan fingerprint density at radius 2 is 2.11 bits per heavy atom. The average Bonchev–Trinajstić information content (AvgIpc) is 3.25. The molecule has 2 aliphatic heterocycles. The number of hydrogen-bond acceptors (Lipinski definition) is 6. The number of nitrogens with zero attached hydrogens (tertiary/aromatic N) is 5. The lowest BCUT2D eigenvalue weighted by Gasteiger charge is -2.29. The predicted molar refractivity (Wildman–Crippen MR) is 98.8 cm³/mol. The Hall–Kier alpha value is -3.10. The fraction of sp³-hybridized carbons (Fsp3) is 0.444. The van der Waals surface area contributed by atoms with Gasteiger partial charge in [-0.15, -0.1) is 0 Å². The number of aromatic nitrogens is 3. The van der Waals surface area contributed by atoms with Gasteiger partial charge in [-0.1, -0.05) is 0 Å². The molecule has 2 aromatic heterocycles. The minimum Gasteiger partial charge on any atom is -0.447 e. The highest BCUT2D eigenvalue weighted by atomic mass is 16.6. The van der Waals surface area contributed by atoms with Crippen molar-refractivity contribution < 1.29 is 14.3 Å². The third-order valence-corrected chi connectivity index (χ3v) is 4.94. The van der Waals surface area contributed by atoms with Crippen molar-refractivity contribution >= 4 is 23.5 Å². The molecule has 9 nitrogen and oxygen atoms in total. The fourth-order valence-electron chi connectivity index (χ4n) is 3.62. The van der Waals surface area contributed by atoms with Crippen molar-refractivity contribution in [3.05, 3.63) is 35.3 Å². The maximum atomic E-state index is 11.8. The van der Waals surface area contributed by atoms with Gasteiger partial charge >= 0.3 is 6.09 Å². The first kappa shape index (κ1) is 17.3. The predicted octanol–water partition coefficient (Wildman–Crippen LogP) is 1.48. The zero-order chi connectivity index (χ0) is 19.1. The summed E-state index contributed by atoms with van der Waals surface area (Å²) >= 11 is 0. The molecule has 2 aromatic rings. The van der Waals surface area contributed by atoms with E-state index in [2.05, 4.69) is 15.0 Å². The molecule has 0 unspecified atom stereocenters. The van der Waals surface area contributed by atoms with Crippen molar-refractivity contribution in [2.75, 3.05) is 29.5 Å². The first-order valence-electron chi connectivity index (χ1n) is 9.01. The van der Waals surface area contributed by atoms with E-state index in [-0.39, 0.29) is 12.1 Å². The van der Waals surface area contributed by atoms with E-state index in [0.717, 1.165) is 30.0 Å². The van der Waals surface area contributed by atoms with E-state index in [1.807, 2.05) is 30.7 Å². The van der Waals surface area contributed by atoms with Crippen LogP contribution in [0.5, 0.6) is 0 Å². The number of anilines is 2. The number of fused-ring (bicyclic) bond motifs is 1. The van der Waals surface area contributed by atoms with E-state index >= 15 is 0 Å². The normalized spacial score (nSPS) is 16.6. The molecule has 2 N–H and O–H groups in total. The molecule has 0 radical (unpaired) electrons. The summed E-state index contributed by atoms with van der Waals surface area (Å²) in [6.45, 7) is 6.29. The highest BCUT2D eigenvalue weighted by molar-refractivity contribution is 5.93. The van der Waals surface area contributed by atoms with Gasteiger partial charge in [0.05, 0.1) is 18.4 Å². The highest BCUT2D eigenvalue weighted by Crippen LogP contribution is 2.28. The Morgan fingerprint density at radius 3 is 2.70 bits per heavy atom. The maximum absolute atomic E-state index is 11.8. The molecule has 0 atom stereocenters. The fourth-order valence-corrected chi connectivity index (χ4v) is 3.62. The summed E-state index contributed by atoms with van der Waals surface area (Å²) in [5.74, 6) is 0.271. The summed E-state index contributed by atoms with van der Waals surface area (Å²) < 4.78 is 6.85. The molecule has 142 valence electrons. The second-order valence-corrected chi connectivity index (χ2v) is 6.99. The number of hydrogen-bond donors (Lipinski definition) is 1. The van der Waals surface area contributed by atoms with Crippen molar-refractivity contribution in [3.8, 4) is 0 Å². The molecule has 4 heterocycles. The van der Waals surface area contributed by atoms with Crippen LogP contribution in [-0.2, 0) is 17.7 Å². The van der Waals surface area contributed by atoms with Gasteiger partial charge in [-0.25, -0.2) is 9.78 Å². The van der Waals surface area contributed by atoms with Gasteiger partial charge in [0.25, 0.3) is 5.91 Å². The van der Waals surface area contributed by atoms with Gasteiger partial charge < -0.3 is 15.4 Å². The largest absolute Gasteiger partial charge is 0.447 e. The van der Waals surface area contributed by atoms with Crippen LogP contribution < -0.4 is 15.5 Å². The van der Waals surface area contributed by atoms with E-state index in [9.17, 15) is 9.59 Å². The minimum absolute atomic E-state index is 0.163. The molecule has 4 rings (SSSR count). The number of carbonyl (C=O) groups excluding carboxylic acids is 2. The van der Waals surface area contributed by atoms with Crippen LogP contribution >= 0.6 is 0 Å². The second kappa shape index (κ2) is 6.57. The van der Waals surface area contributed by atoms with Crippen LogP contribution in [-0.4, -0.2) is 46.5 Å². The third kappa shape index (κ3) is 2.98. The third-order valence-electron chi connectivity index (χ3n) is 4.94. The van der Waals surface area contributed by atoms with Crippen LogP contribution in [0.25, 0.3) is 0 Å². The lowest BCUT2D eigenvalue weighted by Crippen LogP contribution is -2.33. The number of primary amides is 1. The first-order valence-corrected chi connectivity index (χ1v) is 9.01. The zero-order valence-corrected chi connectivity index (χ0v) is 15.4. The summed E-state index contributed by atoms with van der Waals surface area (Å²) in [4.78, 5) is 31.7. The molecule has 0 saturated carbocycles. The number of pyridine rings is 1. The molecular weight excluding hydrogens is 348 g/mol. The number of ether oxygens (including phenoxy) is 1. The minimum atomic E-state index is -0.511. The summed E-state index contributed by atoms with van der Waals surface area (Å²) in [5.41, 5.74) is 8.52. The Morgan fingerprint density at radius 1 is 1.30 bits per heavy atom. The maximum Gasteiger partial charge on any atom is 0.414 e. The Bertz CT molecular complexity index is 889. The summed E-state index contributed by atoms with van der Waals surface area (Å²) in [6, 6.07) is 3.90. The number of amides is 2. The van der Waals surface area contributed by atoms with Gasteiger partial charge in [-0.05, 0) is 26.0 Å². The van der Waals surface area contributed by atoms with Crippen LogP contribution in [0.15, 0.2) is 18.3 Å².